The van der Waals surface area contributed by atoms with Gasteiger partial charge in [-0.3, -0.25) is 9.52 Å². The lowest BCUT2D eigenvalue weighted by Crippen LogP contribution is -2.17. The van der Waals surface area contributed by atoms with Gasteiger partial charge >= 0.3 is 0 Å². The maximum Gasteiger partial charge on any atom is 0.257 e. The zero-order valence-corrected chi connectivity index (χ0v) is 15.4. The van der Waals surface area contributed by atoms with Crippen LogP contribution in [0.4, 0.5) is 11.4 Å². The van der Waals surface area contributed by atoms with Crippen molar-refractivity contribution in [2.75, 3.05) is 16.3 Å². The average molecular weight is 448 g/mol. The Hall–Kier alpha value is -1.38. The van der Waals surface area contributed by atoms with Crippen LogP contribution < -0.4 is 10.0 Å². The molecule has 0 radical (unpaired) electrons. The first-order chi connectivity index (χ1) is 10.2. The molecule has 0 aliphatic heterocycles. The van der Waals surface area contributed by atoms with Crippen LogP contribution in [0.3, 0.4) is 0 Å². The van der Waals surface area contributed by atoms with Crippen LogP contribution in [0.2, 0.25) is 0 Å². The summed E-state index contributed by atoms with van der Waals surface area (Å²) in [6.07, 6.45) is 1.03. The topological polar surface area (TPSA) is 75.3 Å². The van der Waals surface area contributed by atoms with E-state index in [1.807, 2.05) is 0 Å². The first-order valence-corrected chi connectivity index (χ1v) is 9.56. The number of benzene rings is 2. The molecule has 0 bridgehead atoms. The third-order valence-corrected chi connectivity index (χ3v) is 4.24. The van der Waals surface area contributed by atoms with Gasteiger partial charge in [0.15, 0.2) is 0 Å². The fourth-order valence-corrected chi connectivity index (χ4v) is 2.93. The Morgan fingerprint density at radius 3 is 2.18 bits per heavy atom. The maximum absolute atomic E-state index is 12.4. The molecule has 0 aliphatic carbocycles. The maximum atomic E-state index is 12.4. The molecule has 0 saturated heterocycles. The Morgan fingerprint density at radius 1 is 1.00 bits per heavy atom. The second-order valence-electron chi connectivity index (χ2n) is 4.53. The summed E-state index contributed by atoms with van der Waals surface area (Å²) in [7, 11) is -3.48. The fourth-order valence-electron chi connectivity index (χ4n) is 1.72. The van der Waals surface area contributed by atoms with E-state index >= 15 is 0 Å². The summed E-state index contributed by atoms with van der Waals surface area (Å²) in [6.45, 7) is 0. The highest BCUT2D eigenvalue weighted by Crippen LogP contribution is 2.23. The van der Waals surface area contributed by atoms with E-state index in [9.17, 15) is 13.2 Å². The summed E-state index contributed by atoms with van der Waals surface area (Å²) in [5, 5.41) is 2.72. The van der Waals surface area contributed by atoms with Crippen LogP contribution in [0.25, 0.3) is 0 Å². The molecule has 22 heavy (non-hydrogen) atoms. The Balaban J connectivity index is 2.31. The summed E-state index contributed by atoms with van der Waals surface area (Å²) in [6, 6.07) is 11.8. The van der Waals surface area contributed by atoms with Crippen molar-refractivity contribution in [2.24, 2.45) is 0 Å². The fraction of sp³-hybridized carbons (Fsp3) is 0.0714. The lowest BCUT2D eigenvalue weighted by atomic mass is 10.1. The van der Waals surface area contributed by atoms with E-state index in [2.05, 4.69) is 41.9 Å². The van der Waals surface area contributed by atoms with Gasteiger partial charge in [-0.1, -0.05) is 31.9 Å². The molecule has 1 amide bonds. The van der Waals surface area contributed by atoms with Crippen molar-refractivity contribution in [3.05, 3.63) is 57.0 Å². The molecule has 0 atom stereocenters. The highest BCUT2D eigenvalue weighted by Gasteiger charge is 2.15. The van der Waals surface area contributed by atoms with E-state index in [0.717, 1.165) is 10.7 Å². The summed E-state index contributed by atoms with van der Waals surface area (Å²) in [5.41, 5.74) is 1.06. The van der Waals surface area contributed by atoms with Gasteiger partial charge in [0.25, 0.3) is 5.91 Å². The number of sulfonamides is 1. The van der Waals surface area contributed by atoms with Crippen LogP contribution in [-0.4, -0.2) is 20.6 Å². The Kier molecular flexibility index (Phi) is 5.25. The third kappa shape index (κ3) is 4.82. The number of amides is 1. The zero-order chi connectivity index (χ0) is 16.3. The van der Waals surface area contributed by atoms with Gasteiger partial charge in [-0.15, -0.1) is 0 Å². The summed E-state index contributed by atoms with van der Waals surface area (Å²) >= 11 is 6.59. The minimum Gasteiger partial charge on any atom is -0.322 e. The zero-order valence-electron chi connectivity index (χ0n) is 11.4. The van der Waals surface area contributed by atoms with Crippen molar-refractivity contribution >= 4 is 59.2 Å². The third-order valence-electron chi connectivity index (χ3n) is 2.62. The summed E-state index contributed by atoms with van der Waals surface area (Å²) in [5.74, 6) is -0.408. The van der Waals surface area contributed by atoms with Gasteiger partial charge in [0, 0.05) is 14.6 Å². The smallest absolute Gasteiger partial charge is 0.257 e. The van der Waals surface area contributed by atoms with Gasteiger partial charge < -0.3 is 5.32 Å². The summed E-state index contributed by atoms with van der Waals surface area (Å²) in [4.78, 5) is 12.4. The molecule has 2 aromatic carbocycles. The predicted molar refractivity (Wildman–Crippen MR) is 94.7 cm³/mol. The van der Waals surface area contributed by atoms with Crippen LogP contribution in [0.15, 0.2) is 51.4 Å². The molecule has 0 aliphatic rings. The minimum atomic E-state index is -3.48. The first-order valence-electron chi connectivity index (χ1n) is 6.09. The van der Waals surface area contributed by atoms with E-state index in [1.165, 1.54) is 6.07 Å². The number of anilines is 2. The molecule has 0 spiro atoms. The number of nitrogens with one attached hydrogen (secondary N) is 2. The second-order valence-corrected chi connectivity index (χ2v) is 8.10. The van der Waals surface area contributed by atoms with E-state index in [1.54, 1.807) is 36.4 Å². The van der Waals surface area contributed by atoms with E-state index in [-0.39, 0.29) is 11.3 Å². The molecule has 2 N–H and O–H groups in total. The second kappa shape index (κ2) is 6.80. The summed E-state index contributed by atoms with van der Waals surface area (Å²) < 4.78 is 26.7. The molecule has 8 heteroatoms. The van der Waals surface area contributed by atoms with Gasteiger partial charge in [0.1, 0.15) is 0 Å². The molecule has 2 rings (SSSR count). The van der Waals surface area contributed by atoms with Gasteiger partial charge in [-0.25, -0.2) is 8.42 Å². The van der Waals surface area contributed by atoms with Crippen molar-refractivity contribution in [2.45, 2.75) is 0 Å². The van der Waals surface area contributed by atoms with Crippen LogP contribution in [-0.2, 0) is 10.0 Å². The van der Waals surface area contributed by atoms with Crippen molar-refractivity contribution in [3.63, 3.8) is 0 Å². The lowest BCUT2D eigenvalue weighted by Gasteiger charge is -2.12. The highest BCUT2D eigenvalue weighted by molar-refractivity contribution is 9.10. The van der Waals surface area contributed by atoms with E-state index in [0.29, 0.717) is 10.2 Å². The van der Waals surface area contributed by atoms with E-state index < -0.39 is 15.9 Å². The van der Waals surface area contributed by atoms with Crippen LogP contribution in [0.5, 0.6) is 0 Å². The number of carbonyl (C=O) groups is 1. The van der Waals surface area contributed by atoms with Crippen LogP contribution in [0.1, 0.15) is 10.4 Å². The van der Waals surface area contributed by atoms with Gasteiger partial charge in [0.2, 0.25) is 10.0 Å². The number of rotatable bonds is 4. The predicted octanol–water partition coefficient (Wildman–Crippen LogP) is 3.84. The SMILES string of the molecule is CS(=O)(=O)Nc1ccc(Br)cc1C(=O)Nc1ccc(Br)cc1. The first kappa shape index (κ1) is 17.0. The monoisotopic (exact) mass is 446 g/mol. The molecule has 5 nitrogen and oxygen atoms in total. The minimum absolute atomic E-state index is 0.223. The lowest BCUT2D eigenvalue weighted by molar-refractivity contribution is 0.102. The number of hydrogen-bond acceptors (Lipinski definition) is 3. The Morgan fingerprint density at radius 2 is 1.59 bits per heavy atom. The molecular weight excluding hydrogens is 436 g/mol. The number of hydrogen-bond donors (Lipinski definition) is 2. The number of halogens is 2. The quantitative estimate of drug-likeness (QED) is 0.747. The van der Waals surface area contributed by atoms with Crippen molar-refractivity contribution < 1.29 is 13.2 Å². The molecule has 0 aromatic heterocycles. The Labute approximate surface area is 145 Å². The standard InChI is InChI=1S/C14H12Br2N2O3S/c1-22(20,21)18-13-7-4-10(16)8-12(13)14(19)17-11-5-2-9(15)3-6-11/h2-8,18H,1H3,(H,17,19). The van der Waals surface area contributed by atoms with Crippen molar-refractivity contribution in [1.29, 1.82) is 0 Å². The van der Waals surface area contributed by atoms with Gasteiger partial charge in [-0.2, -0.15) is 0 Å². The van der Waals surface area contributed by atoms with Crippen molar-refractivity contribution in [1.82, 2.24) is 0 Å². The molecule has 2 aromatic rings. The number of carbonyl (C=O) groups excluding carboxylic acids is 1. The van der Waals surface area contributed by atoms with Gasteiger partial charge in [-0.05, 0) is 42.5 Å². The largest absolute Gasteiger partial charge is 0.322 e. The molecule has 0 heterocycles. The molecule has 0 saturated carbocycles. The molecule has 116 valence electrons. The van der Waals surface area contributed by atoms with Crippen molar-refractivity contribution in [3.8, 4) is 0 Å². The molecule has 0 unspecified atom stereocenters. The van der Waals surface area contributed by atoms with E-state index in [4.69, 9.17) is 0 Å². The average Bonchev–Trinajstić information content (AvgIpc) is 2.42. The highest BCUT2D eigenvalue weighted by atomic mass is 79.9. The molecular formula is C14H12Br2N2O3S. The Bertz CT molecular complexity index is 805. The van der Waals surface area contributed by atoms with Crippen LogP contribution >= 0.6 is 31.9 Å². The molecule has 0 fully saturated rings. The normalized spacial score (nSPS) is 11.0. The van der Waals surface area contributed by atoms with Gasteiger partial charge in [0.05, 0.1) is 17.5 Å². The van der Waals surface area contributed by atoms with Crippen LogP contribution in [0, 0.1) is 0 Å².